The van der Waals surface area contributed by atoms with Crippen LogP contribution in [0.3, 0.4) is 0 Å². The molecule has 4 aromatic rings. The second-order valence-corrected chi connectivity index (χ2v) is 10.1. The summed E-state index contributed by atoms with van der Waals surface area (Å²) in [7, 11) is 4.52. The van der Waals surface area contributed by atoms with Crippen molar-refractivity contribution in [3.8, 4) is 23.0 Å². The molecule has 0 aliphatic heterocycles. The minimum Gasteiger partial charge on any atom is -0.437 e. The molecule has 2 amide bonds. The number of carbonyl (C=O) groups excluding carboxylic acids is 8. The Morgan fingerprint density at radius 1 is 0.426 bits per heavy atom. The van der Waals surface area contributed by atoms with Gasteiger partial charge in [-0.15, -0.1) is 0 Å². The quantitative estimate of drug-likeness (QED) is 0.0729. The fourth-order valence-electron chi connectivity index (χ4n) is 4.47. The molecule has 4 rings (SSSR count). The first-order valence-electron chi connectivity index (χ1n) is 15.2. The molecule has 0 aromatic heterocycles. The minimum absolute atomic E-state index is 0.195. The summed E-state index contributed by atoms with van der Waals surface area (Å²) in [5.41, 5.74) is -2.33. The number of hydrogen-bond donors (Lipinski definition) is 2. The number of nitrogens with one attached hydrogen (secondary N) is 2. The lowest BCUT2D eigenvalue weighted by molar-refractivity contribution is -0.187. The molecule has 0 fully saturated rings. The lowest BCUT2D eigenvalue weighted by Crippen LogP contribution is -2.25. The van der Waals surface area contributed by atoms with E-state index in [1.165, 1.54) is 86.9 Å². The maximum Gasteiger partial charge on any atom is 0.513 e. The number of carbonyl (C=O) groups is 8. The molecular weight excluding hydrogens is 716 g/mol. The number of hydrogen-bond acceptors (Lipinski definition) is 16. The summed E-state index contributed by atoms with van der Waals surface area (Å²) in [6.45, 7) is 0. The third kappa shape index (κ3) is 9.12. The van der Waals surface area contributed by atoms with Crippen LogP contribution in [-0.2, 0) is 19.2 Å². The van der Waals surface area contributed by atoms with Gasteiger partial charge in [0.25, 0.3) is 0 Å². The van der Waals surface area contributed by atoms with Gasteiger partial charge in [0.1, 0.15) is 22.6 Å². The van der Waals surface area contributed by atoms with E-state index in [1.54, 1.807) is 0 Å². The van der Waals surface area contributed by atoms with Gasteiger partial charge in [-0.25, -0.2) is 38.5 Å². The van der Waals surface area contributed by atoms with Crippen LogP contribution >= 0.6 is 0 Å². The van der Waals surface area contributed by atoms with Gasteiger partial charge in [0.2, 0.25) is 11.6 Å². The lowest BCUT2D eigenvalue weighted by Gasteiger charge is -2.15. The van der Waals surface area contributed by atoms with Crippen molar-refractivity contribution in [1.29, 1.82) is 0 Å². The lowest BCUT2D eigenvalue weighted by atomic mass is 9.99. The van der Waals surface area contributed by atoms with E-state index < -0.39 is 70.6 Å². The van der Waals surface area contributed by atoms with Gasteiger partial charge in [-0.05, 0) is 48.5 Å². The van der Waals surface area contributed by atoms with Crippen LogP contribution in [0.5, 0.6) is 23.0 Å². The third-order valence-corrected chi connectivity index (χ3v) is 6.93. The van der Waals surface area contributed by atoms with Gasteiger partial charge in [0.05, 0.1) is 36.5 Å². The molecule has 0 aliphatic carbocycles. The van der Waals surface area contributed by atoms with Gasteiger partial charge in [0.15, 0.2) is 11.5 Å². The Bertz CT molecular complexity index is 1990. The van der Waals surface area contributed by atoms with E-state index in [4.69, 9.17) is 28.7 Å². The molecule has 0 saturated heterocycles. The molecule has 0 aliphatic rings. The fourth-order valence-corrected chi connectivity index (χ4v) is 4.47. The molecular formula is C36H28N2O16. The summed E-state index contributed by atoms with van der Waals surface area (Å²) >= 11 is 0. The number of methoxy groups -OCH3 is 2. The molecule has 0 heterocycles. The highest BCUT2D eigenvalue weighted by molar-refractivity contribution is 6.15. The van der Waals surface area contributed by atoms with Crippen LogP contribution in [0.15, 0.2) is 84.9 Å². The predicted octanol–water partition coefficient (Wildman–Crippen LogP) is 4.80. The molecule has 0 spiro atoms. The van der Waals surface area contributed by atoms with E-state index in [0.29, 0.717) is 0 Å². The number of rotatable bonds is 10. The van der Waals surface area contributed by atoms with Crippen LogP contribution in [0.25, 0.3) is 0 Å². The molecule has 18 heteroatoms. The van der Waals surface area contributed by atoms with Gasteiger partial charge < -0.3 is 39.1 Å². The van der Waals surface area contributed by atoms with Crippen LogP contribution < -0.4 is 29.6 Å². The second kappa shape index (κ2) is 17.9. The molecule has 0 radical (unpaired) electrons. The minimum atomic E-state index is -1.45. The Balaban J connectivity index is 1.69. The SMILES string of the molecule is CNC(=O)Oc1c(C(=O)OOC(=O)c2cccc(C(=O)c3ccccc3OC(=O)OC)c2OC(=O)NC)cccc1C(=O)c1ccccc1OC(=O)OC. The van der Waals surface area contributed by atoms with Gasteiger partial charge in [0, 0.05) is 14.1 Å². The summed E-state index contributed by atoms with van der Waals surface area (Å²) in [4.78, 5) is 112. The zero-order valence-corrected chi connectivity index (χ0v) is 28.6. The van der Waals surface area contributed by atoms with Crippen molar-refractivity contribution in [2.24, 2.45) is 0 Å². The van der Waals surface area contributed by atoms with Crippen LogP contribution in [0.1, 0.15) is 52.6 Å². The maximum atomic E-state index is 13.7. The highest BCUT2D eigenvalue weighted by atomic mass is 17.2. The Labute approximate surface area is 304 Å². The van der Waals surface area contributed by atoms with Gasteiger partial charge in [-0.2, -0.15) is 0 Å². The van der Waals surface area contributed by atoms with Crippen LogP contribution in [0.4, 0.5) is 19.2 Å². The van der Waals surface area contributed by atoms with Gasteiger partial charge in [-0.1, -0.05) is 36.4 Å². The Hall–Kier alpha value is -7.76. The Kier molecular flexibility index (Phi) is 13.0. The average molecular weight is 745 g/mol. The normalized spacial score (nSPS) is 10.1. The van der Waals surface area contributed by atoms with Crippen LogP contribution in [-0.4, -0.2) is 76.3 Å². The number of ether oxygens (including phenoxy) is 6. The number of amides is 2. The third-order valence-electron chi connectivity index (χ3n) is 6.93. The highest BCUT2D eigenvalue weighted by Gasteiger charge is 2.30. The van der Waals surface area contributed by atoms with Crippen LogP contribution in [0, 0.1) is 0 Å². The second-order valence-electron chi connectivity index (χ2n) is 10.1. The smallest absolute Gasteiger partial charge is 0.437 e. The molecule has 4 aromatic carbocycles. The van der Waals surface area contributed by atoms with Crippen molar-refractivity contribution in [3.05, 3.63) is 118 Å². The molecule has 0 atom stereocenters. The fraction of sp³-hybridized carbons (Fsp3) is 0.111. The number of para-hydroxylation sites is 4. The summed E-state index contributed by atoms with van der Waals surface area (Å²) in [5.74, 6) is -6.39. The van der Waals surface area contributed by atoms with E-state index in [1.807, 2.05) is 0 Å². The number of ketones is 2. The van der Waals surface area contributed by atoms with Crippen molar-refractivity contribution in [3.63, 3.8) is 0 Å². The summed E-state index contributed by atoms with van der Waals surface area (Å²) in [6, 6.07) is 18.0. The first-order chi connectivity index (χ1) is 25.9. The van der Waals surface area contributed by atoms with E-state index in [2.05, 4.69) is 20.1 Å². The van der Waals surface area contributed by atoms with Crippen molar-refractivity contribution in [2.75, 3.05) is 28.3 Å². The highest BCUT2D eigenvalue weighted by Crippen LogP contribution is 2.33. The molecule has 2 N–H and O–H groups in total. The summed E-state index contributed by atoms with van der Waals surface area (Å²) < 4.78 is 29.5. The summed E-state index contributed by atoms with van der Waals surface area (Å²) in [5, 5.41) is 4.34. The Morgan fingerprint density at radius 2 is 0.759 bits per heavy atom. The van der Waals surface area contributed by atoms with Gasteiger partial charge in [-0.3, -0.25) is 9.59 Å². The van der Waals surface area contributed by atoms with E-state index in [9.17, 15) is 38.4 Å². The Morgan fingerprint density at radius 3 is 1.11 bits per heavy atom. The predicted molar refractivity (Wildman–Crippen MR) is 180 cm³/mol. The van der Waals surface area contributed by atoms with Gasteiger partial charge >= 0.3 is 36.4 Å². The van der Waals surface area contributed by atoms with Crippen molar-refractivity contribution in [2.45, 2.75) is 0 Å². The standard InChI is InChI=1S/C36H28N2O16/c1-37-33(43)51-29-21(27(39)19-11-5-7-17-25(19)49-35(45)47-3)13-9-15-23(29)31(41)53-54-32(42)24-16-10-14-22(30(24)52-34(44)38-2)28(40)20-12-6-8-18-26(20)50-36(46)48-4/h5-18H,1-4H3,(H,37,43)(H,38,44). The van der Waals surface area contributed by atoms with E-state index in [0.717, 1.165) is 26.4 Å². The van der Waals surface area contributed by atoms with E-state index in [-0.39, 0.29) is 33.8 Å². The van der Waals surface area contributed by atoms with Crippen molar-refractivity contribution < 1.29 is 76.6 Å². The largest absolute Gasteiger partial charge is 0.513 e. The van der Waals surface area contributed by atoms with Crippen molar-refractivity contribution >= 4 is 48.0 Å². The molecule has 0 unspecified atom stereocenters. The zero-order chi connectivity index (χ0) is 39.4. The topological polar surface area (TPSA) is 234 Å². The average Bonchev–Trinajstić information content (AvgIpc) is 3.19. The van der Waals surface area contributed by atoms with Crippen molar-refractivity contribution in [1.82, 2.24) is 10.6 Å². The first-order valence-corrected chi connectivity index (χ1v) is 15.2. The molecule has 278 valence electrons. The first kappa shape index (κ1) is 39.0. The number of benzene rings is 4. The zero-order valence-electron chi connectivity index (χ0n) is 28.6. The molecule has 18 nitrogen and oxygen atoms in total. The maximum absolute atomic E-state index is 13.7. The molecule has 0 bridgehead atoms. The van der Waals surface area contributed by atoms with Crippen LogP contribution in [0.2, 0.25) is 0 Å². The van der Waals surface area contributed by atoms with E-state index >= 15 is 0 Å². The molecule has 0 saturated carbocycles. The summed E-state index contributed by atoms with van der Waals surface area (Å²) in [6.07, 6.45) is -4.49. The monoisotopic (exact) mass is 744 g/mol. The molecule has 54 heavy (non-hydrogen) atoms.